The fourth-order valence-corrected chi connectivity index (χ4v) is 2.50. The van der Waals surface area contributed by atoms with Gasteiger partial charge in [-0.05, 0) is 35.7 Å². The van der Waals surface area contributed by atoms with Crippen molar-refractivity contribution in [1.82, 2.24) is 5.32 Å². The summed E-state index contributed by atoms with van der Waals surface area (Å²) in [6.07, 6.45) is -3.23. The van der Waals surface area contributed by atoms with Crippen LogP contribution in [0.2, 0.25) is 5.02 Å². The average molecular weight is 366 g/mol. The molecule has 2 atom stereocenters. The Labute approximate surface area is 150 Å². The lowest BCUT2D eigenvalue weighted by Gasteiger charge is -2.19. The Balaban J connectivity index is 1.84. The molecule has 0 aliphatic rings. The molecule has 134 valence electrons. The van der Waals surface area contributed by atoms with Gasteiger partial charge in [-0.3, -0.25) is 0 Å². The highest BCUT2D eigenvalue weighted by molar-refractivity contribution is 6.32. The van der Waals surface area contributed by atoms with Crippen LogP contribution < -0.4 is 5.32 Å². The van der Waals surface area contributed by atoms with Crippen molar-refractivity contribution in [3.63, 3.8) is 0 Å². The van der Waals surface area contributed by atoms with E-state index >= 15 is 0 Å². The van der Waals surface area contributed by atoms with Gasteiger partial charge in [0, 0.05) is 6.54 Å². The van der Waals surface area contributed by atoms with Crippen molar-refractivity contribution in [2.24, 2.45) is 0 Å². The number of aliphatic hydroxyl groups excluding tert-OH is 2. The van der Waals surface area contributed by atoms with Crippen molar-refractivity contribution >= 4 is 17.7 Å². The molecule has 0 saturated carbocycles. The van der Waals surface area contributed by atoms with Crippen molar-refractivity contribution in [3.8, 4) is 5.75 Å². The maximum atomic E-state index is 11.7. The highest BCUT2D eigenvalue weighted by Gasteiger charge is 2.21. The summed E-state index contributed by atoms with van der Waals surface area (Å²) in [5, 5.41) is 32.3. The second-order valence-electron chi connectivity index (χ2n) is 5.62. The Morgan fingerprint density at radius 3 is 2.56 bits per heavy atom. The van der Waals surface area contributed by atoms with Crippen LogP contribution in [0.25, 0.3) is 0 Å². The number of carbonyl (C=O) groups excluding carboxylic acids is 1. The summed E-state index contributed by atoms with van der Waals surface area (Å²) in [4.78, 5) is 11.7. The monoisotopic (exact) mass is 365 g/mol. The van der Waals surface area contributed by atoms with E-state index in [9.17, 15) is 20.1 Å². The van der Waals surface area contributed by atoms with E-state index in [-0.39, 0.29) is 23.9 Å². The molecule has 0 aromatic heterocycles. The van der Waals surface area contributed by atoms with Crippen LogP contribution in [0.4, 0.5) is 4.79 Å². The van der Waals surface area contributed by atoms with Crippen LogP contribution in [0.3, 0.4) is 0 Å². The van der Waals surface area contributed by atoms with E-state index in [0.29, 0.717) is 11.1 Å². The second-order valence-corrected chi connectivity index (χ2v) is 6.03. The molecule has 0 heterocycles. The first-order chi connectivity index (χ1) is 11.9. The molecular formula is C18H20ClNO5. The molecule has 0 aliphatic heterocycles. The average Bonchev–Trinajstić information content (AvgIpc) is 2.62. The zero-order valence-electron chi connectivity index (χ0n) is 13.6. The van der Waals surface area contributed by atoms with Crippen molar-refractivity contribution < 1.29 is 24.9 Å². The minimum atomic E-state index is -1.27. The Morgan fingerprint density at radius 2 is 1.92 bits per heavy atom. The number of carbonyl (C=O) groups is 1. The van der Waals surface area contributed by atoms with Gasteiger partial charge in [-0.15, -0.1) is 0 Å². The number of aryl methyl sites for hydroxylation is 1. The number of aromatic hydroxyl groups is 1. The molecule has 25 heavy (non-hydrogen) atoms. The van der Waals surface area contributed by atoms with Gasteiger partial charge in [0.05, 0.1) is 5.02 Å². The molecule has 6 nitrogen and oxygen atoms in total. The van der Waals surface area contributed by atoms with Crippen LogP contribution in [0, 0.1) is 6.92 Å². The van der Waals surface area contributed by atoms with E-state index in [1.807, 2.05) is 30.3 Å². The molecule has 2 aromatic rings. The van der Waals surface area contributed by atoms with Gasteiger partial charge in [-0.2, -0.15) is 0 Å². The first-order valence-corrected chi connectivity index (χ1v) is 8.06. The van der Waals surface area contributed by atoms with Gasteiger partial charge in [0.1, 0.15) is 24.6 Å². The number of benzene rings is 2. The fourth-order valence-electron chi connectivity index (χ4n) is 2.23. The third kappa shape index (κ3) is 5.35. The third-order valence-electron chi connectivity index (χ3n) is 3.65. The molecule has 0 spiro atoms. The third-order valence-corrected chi connectivity index (χ3v) is 3.94. The summed E-state index contributed by atoms with van der Waals surface area (Å²) < 4.78 is 5.02. The van der Waals surface area contributed by atoms with Crippen LogP contribution in [0.1, 0.15) is 22.8 Å². The van der Waals surface area contributed by atoms with E-state index in [1.54, 1.807) is 6.92 Å². The number of nitrogens with one attached hydrogen (secondary N) is 1. The number of halogens is 1. The maximum absolute atomic E-state index is 11.7. The first-order valence-electron chi connectivity index (χ1n) is 7.68. The Kier molecular flexibility index (Phi) is 6.64. The number of phenols is 1. The summed E-state index contributed by atoms with van der Waals surface area (Å²) in [7, 11) is 0. The lowest BCUT2D eigenvalue weighted by molar-refractivity contribution is 0.0183. The van der Waals surface area contributed by atoms with Crippen molar-refractivity contribution in [1.29, 1.82) is 0 Å². The van der Waals surface area contributed by atoms with Crippen molar-refractivity contribution in [2.75, 3.05) is 6.54 Å². The highest BCUT2D eigenvalue weighted by Crippen LogP contribution is 2.31. The SMILES string of the molecule is Cc1cc(C(O)C(O)CNC(=O)OCc2ccccc2)cc(Cl)c1O. The zero-order chi connectivity index (χ0) is 18.4. The number of hydrogen-bond acceptors (Lipinski definition) is 5. The Hall–Kier alpha value is -2.28. The lowest BCUT2D eigenvalue weighted by atomic mass is 10.0. The Morgan fingerprint density at radius 1 is 1.24 bits per heavy atom. The summed E-state index contributed by atoms with van der Waals surface area (Å²) in [6.45, 7) is 1.54. The largest absolute Gasteiger partial charge is 0.506 e. The summed E-state index contributed by atoms with van der Waals surface area (Å²) in [6, 6.07) is 12.1. The minimum absolute atomic E-state index is 0.0743. The number of alkyl carbamates (subject to hydrolysis) is 1. The van der Waals surface area contributed by atoms with Gasteiger partial charge < -0.3 is 25.4 Å². The van der Waals surface area contributed by atoms with Gasteiger partial charge >= 0.3 is 6.09 Å². The van der Waals surface area contributed by atoms with Crippen LogP contribution in [0.5, 0.6) is 5.75 Å². The molecule has 0 bridgehead atoms. The van der Waals surface area contributed by atoms with Crippen LogP contribution in [0.15, 0.2) is 42.5 Å². The molecule has 2 aromatic carbocycles. The number of amides is 1. The van der Waals surface area contributed by atoms with Gasteiger partial charge in [-0.25, -0.2) is 4.79 Å². The van der Waals surface area contributed by atoms with Gasteiger partial charge in [0.2, 0.25) is 0 Å². The summed E-state index contributed by atoms with van der Waals surface area (Å²) in [5.41, 5.74) is 1.66. The minimum Gasteiger partial charge on any atom is -0.506 e. The van der Waals surface area contributed by atoms with E-state index in [1.165, 1.54) is 12.1 Å². The molecular weight excluding hydrogens is 346 g/mol. The molecule has 2 rings (SSSR count). The van der Waals surface area contributed by atoms with Crippen molar-refractivity contribution in [3.05, 3.63) is 64.2 Å². The maximum Gasteiger partial charge on any atom is 0.407 e. The number of aliphatic hydroxyl groups is 2. The molecule has 1 amide bonds. The zero-order valence-corrected chi connectivity index (χ0v) is 14.4. The van der Waals surface area contributed by atoms with Crippen molar-refractivity contribution in [2.45, 2.75) is 25.7 Å². The smallest absolute Gasteiger partial charge is 0.407 e. The van der Waals surface area contributed by atoms with Crippen LogP contribution >= 0.6 is 11.6 Å². The molecule has 0 radical (unpaired) electrons. The first kappa shape index (κ1) is 19.1. The van der Waals surface area contributed by atoms with Gasteiger partial charge in [-0.1, -0.05) is 41.9 Å². The predicted molar refractivity (Wildman–Crippen MR) is 93.5 cm³/mol. The fraction of sp³-hybridized carbons (Fsp3) is 0.278. The molecule has 2 unspecified atom stereocenters. The van der Waals surface area contributed by atoms with E-state index in [2.05, 4.69) is 5.32 Å². The molecule has 0 saturated heterocycles. The van der Waals surface area contributed by atoms with Gasteiger partial charge in [0.15, 0.2) is 0 Å². The number of hydrogen-bond donors (Lipinski definition) is 4. The van der Waals surface area contributed by atoms with E-state index in [0.717, 1.165) is 5.56 Å². The van der Waals surface area contributed by atoms with E-state index < -0.39 is 18.3 Å². The normalized spacial score (nSPS) is 13.1. The quantitative estimate of drug-likeness (QED) is 0.630. The van der Waals surface area contributed by atoms with Crippen LogP contribution in [-0.2, 0) is 11.3 Å². The lowest BCUT2D eigenvalue weighted by Crippen LogP contribution is -2.35. The Bertz CT molecular complexity index is 700. The van der Waals surface area contributed by atoms with Gasteiger partial charge in [0.25, 0.3) is 0 Å². The summed E-state index contributed by atoms with van der Waals surface area (Å²) >= 11 is 5.86. The molecule has 0 aliphatic carbocycles. The predicted octanol–water partition coefficient (Wildman–Crippen LogP) is 2.67. The van der Waals surface area contributed by atoms with Crippen LogP contribution in [-0.4, -0.2) is 34.1 Å². The standard InChI is InChI=1S/C18H20ClNO5/c1-11-7-13(8-14(19)16(11)22)17(23)15(21)9-20-18(24)25-10-12-5-3-2-4-6-12/h2-8,15,17,21-23H,9-10H2,1H3,(H,20,24). The number of rotatable bonds is 6. The van der Waals surface area contributed by atoms with E-state index in [4.69, 9.17) is 16.3 Å². The molecule has 7 heteroatoms. The number of phenolic OH excluding ortho intramolecular Hbond substituents is 1. The number of ether oxygens (including phenoxy) is 1. The molecule has 0 fully saturated rings. The second kappa shape index (κ2) is 8.71. The molecule has 4 N–H and O–H groups in total. The topological polar surface area (TPSA) is 99.0 Å². The highest BCUT2D eigenvalue weighted by atomic mass is 35.5. The summed E-state index contributed by atoms with van der Waals surface area (Å²) in [5.74, 6) is -0.0743.